The smallest absolute Gasteiger partial charge is 0.345 e. The van der Waals surface area contributed by atoms with Crippen molar-refractivity contribution < 1.29 is 19.4 Å². The number of ether oxygens (including phenoxy) is 1. The molecule has 5 nitrogen and oxygen atoms in total. The summed E-state index contributed by atoms with van der Waals surface area (Å²) >= 11 is 0. The summed E-state index contributed by atoms with van der Waals surface area (Å²) in [6.07, 6.45) is 4.68. The Morgan fingerprint density at radius 3 is 2.26 bits per heavy atom. The monoisotopic (exact) mass is 271 g/mol. The SMILES string of the molecule is CC(C)[C@@H](N)C(=O)OC(=O)C(C)(O)C1CCCCC1. The van der Waals surface area contributed by atoms with E-state index < -0.39 is 23.6 Å². The van der Waals surface area contributed by atoms with Gasteiger partial charge in [-0.15, -0.1) is 0 Å². The molecule has 1 fully saturated rings. The van der Waals surface area contributed by atoms with Gasteiger partial charge in [-0.2, -0.15) is 0 Å². The van der Waals surface area contributed by atoms with E-state index in [1.54, 1.807) is 13.8 Å². The lowest BCUT2D eigenvalue weighted by Crippen LogP contribution is -2.48. The van der Waals surface area contributed by atoms with Crippen LogP contribution in [0.1, 0.15) is 52.9 Å². The van der Waals surface area contributed by atoms with Gasteiger partial charge in [-0.05, 0) is 31.6 Å². The highest BCUT2D eigenvalue weighted by molar-refractivity contribution is 5.92. The van der Waals surface area contributed by atoms with Crippen molar-refractivity contribution in [1.82, 2.24) is 0 Å². The van der Waals surface area contributed by atoms with E-state index in [1.807, 2.05) is 0 Å². The minimum absolute atomic E-state index is 0.111. The molecule has 0 aromatic carbocycles. The number of nitrogens with two attached hydrogens (primary N) is 1. The van der Waals surface area contributed by atoms with Gasteiger partial charge in [-0.3, -0.25) is 0 Å². The number of hydrogen-bond donors (Lipinski definition) is 2. The Morgan fingerprint density at radius 1 is 1.26 bits per heavy atom. The van der Waals surface area contributed by atoms with Gasteiger partial charge in [0.2, 0.25) is 0 Å². The molecule has 2 atom stereocenters. The maximum Gasteiger partial charge on any atom is 0.345 e. The first-order chi connectivity index (χ1) is 8.76. The zero-order valence-corrected chi connectivity index (χ0v) is 12.0. The Kier molecular flexibility index (Phi) is 5.50. The second kappa shape index (κ2) is 6.48. The normalized spacial score (nSPS) is 21.8. The van der Waals surface area contributed by atoms with Crippen LogP contribution in [0.5, 0.6) is 0 Å². The van der Waals surface area contributed by atoms with Gasteiger partial charge in [0.05, 0.1) is 0 Å². The Labute approximate surface area is 114 Å². The first-order valence-electron chi connectivity index (χ1n) is 7.01. The molecular weight excluding hydrogens is 246 g/mol. The van der Waals surface area contributed by atoms with Crippen molar-refractivity contribution in [1.29, 1.82) is 0 Å². The summed E-state index contributed by atoms with van der Waals surface area (Å²) in [4.78, 5) is 23.6. The Balaban J connectivity index is 2.62. The topological polar surface area (TPSA) is 89.6 Å². The molecule has 110 valence electrons. The predicted octanol–water partition coefficient (Wildman–Crippen LogP) is 1.37. The zero-order valence-electron chi connectivity index (χ0n) is 12.0. The Morgan fingerprint density at radius 2 is 1.79 bits per heavy atom. The largest absolute Gasteiger partial charge is 0.390 e. The molecule has 0 radical (unpaired) electrons. The van der Waals surface area contributed by atoms with E-state index in [0.717, 1.165) is 32.1 Å². The number of rotatable bonds is 4. The van der Waals surface area contributed by atoms with Crippen molar-refractivity contribution in [2.24, 2.45) is 17.6 Å². The maximum atomic E-state index is 12.0. The summed E-state index contributed by atoms with van der Waals surface area (Å²) in [6, 6.07) is -0.842. The number of esters is 2. The number of hydrogen-bond acceptors (Lipinski definition) is 5. The van der Waals surface area contributed by atoms with Gasteiger partial charge in [-0.1, -0.05) is 33.1 Å². The molecule has 0 bridgehead atoms. The van der Waals surface area contributed by atoms with Crippen molar-refractivity contribution in [3.63, 3.8) is 0 Å². The molecule has 0 aromatic rings. The lowest BCUT2D eigenvalue weighted by Gasteiger charge is -2.33. The maximum absolute atomic E-state index is 12.0. The summed E-state index contributed by atoms with van der Waals surface area (Å²) in [5, 5.41) is 10.3. The van der Waals surface area contributed by atoms with Crippen LogP contribution < -0.4 is 5.73 Å². The summed E-state index contributed by atoms with van der Waals surface area (Å²) < 4.78 is 4.74. The minimum atomic E-state index is -1.60. The molecule has 0 spiro atoms. The molecule has 1 rings (SSSR count). The van der Waals surface area contributed by atoms with Crippen LogP contribution >= 0.6 is 0 Å². The summed E-state index contributed by atoms with van der Waals surface area (Å²) in [5.41, 5.74) is 4.02. The van der Waals surface area contributed by atoms with E-state index in [-0.39, 0.29) is 11.8 Å². The minimum Gasteiger partial charge on any atom is -0.390 e. The van der Waals surface area contributed by atoms with E-state index >= 15 is 0 Å². The van der Waals surface area contributed by atoms with E-state index in [1.165, 1.54) is 6.92 Å². The van der Waals surface area contributed by atoms with Crippen LogP contribution in [0.2, 0.25) is 0 Å². The van der Waals surface area contributed by atoms with Crippen molar-refractivity contribution in [3.8, 4) is 0 Å². The van der Waals surface area contributed by atoms with Crippen LogP contribution in [0, 0.1) is 11.8 Å². The highest BCUT2D eigenvalue weighted by Gasteiger charge is 2.42. The quantitative estimate of drug-likeness (QED) is 0.595. The van der Waals surface area contributed by atoms with Gasteiger partial charge in [0.15, 0.2) is 5.60 Å². The standard InChI is InChI=1S/C14H25NO4/c1-9(2)11(15)12(16)19-13(17)14(3,18)10-7-5-4-6-8-10/h9-11,18H,4-8,15H2,1-3H3/t11-,14?/m1/s1. The lowest BCUT2D eigenvalue weighted by atomic mass is 9.78. The molecule has 0 amide bonds. The first kappa shape index (κ1) is 16.1. The van der Waals surface area contributed by atoms with Crippen molar-refractivity contribution >= 4 is 11.9 Å². The van der Waals surface area contributed by atoms with Crippen LogP contribution in [0.25, 0.3) is 0 Å². The number of aliphatic hydroxyl groups is 1. The van der Waals surface area contributed by atoms with Gasteiger partial charge >= 0.3 is 11.9 Å². The van der Waals surface area contributed by atoms with Gasteiger partial charge in [-0.25, -0.2) is 9.59 Å². The zero-order chi connectivity index (χ0) is 14.6. The average molecular weight is 271 g/mol. The molecule has 1 unspecified atom stereocenters. The third-order valence-electron chi connectivity index (χ3n) is 4.00. The van der Waals surface area contributed by atoms with Gasteiger partial charge in [0, 0.05) is 0 Å². The number of carbonyl (C=O) groups excluding carboxylic acids is 2. The Bertz CT molecular complexity index is 332. The fraction of sp³-hybridized carbons (Fsp3) is 0.857. The number of carbonyl (C=O) groups is 2. The van der Waals surface area contributed by atoms with Crippen LogP contribution in [-0.2, 0) is 14.3 Å². The predicted molar refractivity (Wildman–Crippen MR) is 71.1 cm³/mol. The second-order valence-electron chi connectivity index (χ2n) is 5.96. The van der Waals surface area contributed by atoms with E-state index in [9.17, 15) is 14.7 Å². The third kappa shape index (κ3) is 4.01. The molecule has 0 heterocycles. The van der Waals surface area contributed by atoms with Crippen LogP contribution in [0.15, 0.2) is 0 Å². The van der Waals surface area contributed by atoms with Crippen LogP contribution in [-0.4, -0.2) is 28.7 Å². The average Bonchev–Trinajstić information content (AvgIpc) is 2.38. The molecule has 5 heteroatoms. The summed E-state index contributed by atoms with van der Waals surface area (Å²) in [6.45, 7) is 4.98. The highest BCUT2D eigenvalue weighted by Crippen LogP contribution is 2.33. The van der Waals surface area contributed by atoms with Gasteiger partial charge in [0.25, 0.3) is 0 Å². The molecular formula is C14H25NO4. The van der Waals surface area contributed by atoms with Crippen molar-refractivity contribution in [3.05, 3.63) is 0 Å². The molecule has 3 N–H and O–H groups in total. The molecule has 1 saturated carbocycles. The second-order valence-corrected chi connectivity index (χ2v) is 5.96. The van der Waals surface area contributed by atoms with Crippen molar-refractivity contribution in [2.75, 3.05) is 0 Å². The molecule has 19 heavy (non-hydrogen) atoms. The van der Waals surface area contributed by atoms with Gasteiger partial charge < -0.3 is 15.6 Å². The van der Waals surface area contributed by atoms with E-state index in [4.69, 9.17) is 10.5 Å². The fourth-order valence-electron chi connectivity index (χ4n) is 2.37. The highest BCUT2D eigenvalue weighted by atomic mass is 16.6. The van der Waals surface area contributed by atoms with Crippen LogP contribution in [0.4, 0.5) is 0 Å². The molecule has 0 aliphatic heterocycles. The first-order valence-corrected chi connectivity index (χ1v) is 7.01. The molecule has 1 aliphatic carbocycles. The lowest BCUT2D eigenvalue weighted by molar-refractivity contribution is -0.179. The van der Waals surface area contributed by atoms with Gasteiger partial charge in [0.1, 0.15) is 6.04 Å². The van der Waals surface area contributed by atoms with Crippen molar-refractivity contribution in [2.45, 2.75) is 64.5 Å². The summed E-state index contributed by atoms with van der Waals surface area (Å²) in [5.74, 6) is -1.90. The summed E-state index contributed by atoms with van der Waals surface area (Å²) in [7, 11) is 0. The molecule has 0 aromatic heterocycles. The van der Waals surface area contributed by atoms with E-state index in [2.05, 4.69) is 0 Å². The fourth-order valence-corrected chi connectivity index (χ4v) is 2.37. The van der Waals surface area contributed by atoms with Crippen LogP contribution in [0.3, 0.4) is 0 Å². The van der Waals surface area contributed by atoms with E-state index in [0.29, 0.717) is 0 Å². The third-order valence-corrected chi connectivity index (χ3v) is 4.00. The Hall–Kier alpha value is -0.940. The molecule has 0 saturated heterocycles. The molecule has 1 aliphatic rings.